The molecule has 0 bridgehead atoms. The Morgan fingerprint density at radius 1 is 1.44 bits per heavy atom. The van der Waals surface area contributed by atoms with Gasteiger partial charge in [-0.2, -0.15) is 0 Å². The Morgan fingerprint density at radius 2 is 2.22 bits per heavy atom. The summed E-state index contributed by atoms with van der Waals surface area (Å²) in [5.41, 5.74) is 1.43. The summed E-state index contributed by atoms with van der Waals surface area (Å²) in [5, 5.41) is 6.02. The number of anilines is 1. The molecular weight excluding hydrogens is 255 g/mol. The maximum Gasteiger partial charge on any atom is 0.241 e. The number of nitrogens with one attached hydrogen (secondary N) is 2. The summed E-state index contributed by atoms with van der Waals surface area (Å²) >= 11 is 0. The lowest BCUT2D eigenvalue weighted by Gasteiger charge is -2.22. The predicted octanol–water partition coefficient (Wildman–Crippen LogP) is 2.64. The Bertz CT molecular complexity index is 419. The van der Waals surface area contributed by atoms with Crippen molar-refractivity contribution >= 4 is 24.0 Å². The standard InChI is InChI=1S/C13H17FN2O.ClH/c1-9-8-10(14)5-6-11(9)16-13(17)12-4-2-3-7-15-12;/h5-6,8,12,15H,2-4,7H2,1H3,(H,16,17);1H/t12-;/m1./s1. The zero-order chi connectivity index (χ0) is 12.3. The molecule has 0 aromatic heterocycles. The van der Waals surface area contributed by atoms with Crippen LogP contribution in [0.1, 0.15) is 24.8 Å². The number of rotatable bonds is 2. The van der Waals surface area contributed by atoms with Crippen LogP contribution in [0.15, 0.2) is 18.2 Å². The Hall–Kier alpha value is -1.13. The minimum Gasteiger partial charge on any atom is -0.324 e. The molecule has 1 atom stereocenters. The summed E-state index contributed by atoms with van der Waals surface area (Å²) in [6.45, 7) is 2.67. The summed E-state index contributed by atoms with van der Waals surface area (Å²) in [7, 11) is 0. The van der Waals surface area contributed by atoms with Gasteiger partial charge in [0.05, 0.1) is 6.04 Å². The molecule has 0 aliphatic carbocycles. The van der Waals surface area contributed by atoms with Crippen LogP contribution in [0.5, 0.6) is 0 Å². The first-order valence-electron chi connectivity index (χ1n) is 5.97. The third-order valence-electron chi connectivity index (χ3n) is 3.07. The van der Waals surface area contributed by atoms with Crippen LogP contribution in [0.25, 0.3) is 0 Å². The fourth-order valence-corrected chi connectivity index (χ4v) is 2.06. The van der Waals surface area contributed by atoms with Gasteiger partial charge in [-0.25, -0.2) is 4.39 Å². The van der Waals surface area contributed by atoms with E-state index in [1.165, 1.54) is 12.1 Å². The highest BCUT2D eigenvalue weighted by Crippen LogP contribution is 2.17. The van der Waals surface area contributed by atoms with Crippen LogP contribution in [0, 0.1) is 12.7 Å². The van der Waals surface area contributed by atoms with Crippen molar-refractivity contribution in [3.05, 3.63) is 29.6 Å². The van der Waals surface area contributed by atoms with E-state index in [0.717, 1.165) is 31.4 Å². The van der Waals surface area contributed by atoms with E-state index >= 15 is 0 Å². The second kappa shape index (κ2) is 6.71. The van der Waals surface area contributed by atoms with Crippen molar-refractivity contribution in [1.82, 2.24) is 5.32 Å². The van der Waals surface area contributed by atoms with Gasteiger partial charge in [0.2, 0.25) is 5.91 Å². The van der Waals surface area contributed by atoms with Gasteiger partial charge >= 0.3 is 0 Å². The molecule has 1 heterocycles. The second-order valence-electron chi connectivity index (χ2n) is 4.45. The molecule has 100 valence electrons. The lowest BCUT2D eigenvalue weighted by molar-refractivity contribution is -0.118. The van der Waals surface area contributed by atoms with E-state index in [4.69, 9.17) is 0 Å². The first-order valence-corrected chi connectivity index (χ1v) is 5.97. The van der Waals surface area contributed by atoms with Gasteiger partial charge in [0, 0.05) is 5.69 Å². The number of hydrogen-bond donors (Lipinski definition) is 2. The van der Waals surface area contributed by atoms with Crippen molar-refractivity contribution < 1.29 is 9.18 Å². The fourth-order valence-electron chi connectivity index (χ4n) is 2.06. The maximum atomic E-state index is 12.9. The van der Waals surface area contributed by atoms with E-state index in [2.05, 4.69) is 10.6 Å². The molecule has 1 saturated heterocycles. The molecular formula is C13H18ClFN2O. The third-order valence-corrected chi connectivity index (χ3v) is 3.07. The van der Waals surface area contributed by atoms with E-state index < -0.39 is 0 Å². The van der Waals surface area contributed by atoms with Crippen LogP contribution >= 0.6 is 12.4 Å². The topological polar surface area (TPSA) is 41.1 Å². The molecule has 0 unspecified atom stereocenters. The van der Waals surface area contributed by atoms with E-state index in [9.17, 15) is 9.18 Å². The first-order chi connectivity index (χ1) is 8.16. The number of piperidine rings is 1. The van der Waals surface area contributed by atoms with E-state index in [1.54, 1.807) is 13.0 Å². The normalized spacial score (nSPS) is 18.9. The highest BCUT2D eigenvalue weighted by molar-refractivity contribution is 5.95. The molecule has 3 nitrogen and oxygen atoms in total. The van der Waals surface area contributed by atoms with E-state index in [0.29, 0.717) is 5.69 Å². The molecule has 2 N–H and O–H groups in total. The molecule has 1 fully saturated rings. The zero-order valence-electron chi connectivity index (χ0n) is 10.3. The van der Waals surface area contributed by atoms with E-state index in [1.807, 2.05) is 0 Å². The van der Waals surface area contributed by atoms with Crippen molar-refractivity contribution in [3.63, 3.8) is 0 Å². The number of halogens is 2. The summed E-state index contributed by atoms with van der Waals surface area (Å²) < 4.78 is 12.9. The van der Waals surface area contributed by atoms with Crippen LogP contribution in [-0.4, -0.2) is 18.5 Å². The monoisotopic (exact) mass is 272 g/mol. The molecule has 5 heteroatoms. The molecule has 1 aromatic carbocycles. The number of carbonyl (C=O) groups excluding carboxylic acids is 1. The number of amides is 1. The number of benzene rings is 1. The second-order valence-corrected chi connectivity index (χ2v) is 4.45. The Morgan fingerprint density at radius 3 is 2.83 bits per heavy atom. The quantitative estimate of drug-likeness (QED) is 0.869. The molecule has 1 amide bonds. The summed E-state index contributed by atoms with van der Waals surface area (Å²) in [6, 6.07) is 4.26. The van der Waals surface area contributed by atoms with Crippen molar-refractivity contribution in [2.24, 2.45) is 0 Å². The van der Waals surface area contributed by atoms with Crippen LogP contribution < -0.4 is 10.6 Å². The third kappa shape index (κ3) is 3.68. The average Bonchev–Trinajstić information content (AvgIpc) is 2.34. The number of carbonyl (C=O) groups is 1. The van der Waals surface area contributed by atoms with Gasteiger partial charge in [0.25, 0.3) is 0 Å². The fraction of sp³-hybridized carbons (Fsp3) is 0.462. The zero-order valence-corrected chi connectivity index (χ0v) is 11.1. The van der Waals surface area contributed by atoms with Gasteiger partial charge in [0.15, 0.2) is 0 Å². The Kier molecular flexibility index (Phi) is 5.56. The Balaban J connectivity index is 0.00000162. The van der Waals surface area contributed by atoms with Gasteiger partial charge < -0.3 is 10.6 Å². The molecule has 18 heavy (non-hydrogen) atoms. The lowest BCUT2D eigenvalue weighted by atomic mass is 10.0. The molecule has 1 aliphatic heterocycles. The minimum absolute atomic E-state index is 0. The highest BCUT2D eigenvalue weighted by Gasteiger charge is 2.20. The Labute approximate surface area is 113 Å². The van der Waals surface area contributed by atoms with Crippen molar-refractivity contribution in [2.75, 3.05) is 11.9 Å². The molecule has 0 radical (unpaired) electrons. The van der Waals surface area contributed by atoms with Crippen LogP contribution in [0.2, 0.25) is 0 Å². The van der Waals surface area contributed by atoms with Gasteiger partial charge in [-0.3, -0.25) is 4.79 Å². The first kappa shape index (κ1) is 14.9. The smallest absolute Gasteiger partial charge is 0.241 e. The number of hydrogen-bond acceptors (Lipinski definition) is 2. The van der Waals surface area contributed by atoms with Crippen molar-refractivity contribution in [1.29, 1.82) is 0 Å². The van der Waals surface area contributed by atoms with Gasteiger partial charge in [-0.15, -0.1) is 12.4 Å². The molecule has 0 spiro atoms. The summed E-state index contributed by atoms with van der Waals surface area (Å²) in [6.07, 6.45) is 3.07. The van der Waals surface area contributed by atoms with Crippen LogP contribution in [-0.2, 0) is 4.79 Å². The van der Waals surface area contributed by atoms with Gasteiger partial charge in [-0.05, 0) is 50.1 Å². The van der Waals surface area contributed by atoms with Crippen molar-refractivity contribution in [2.45, 2.75) is 32.2 Å². The maximum absolute atomic E-state index is 12.9. The molecule has 0 saturated carbocycles. The lowest BCUT2D eigenvalue weighted by Crippen LogP contribution is -2.43. The van der Waals surface area contributed by atoms with Gasteiger partial charge in [-0.1, -0.05) is 6.42 Å². The molecule has 1 aromatic rings. The summed E-state index contributed by atoms with van der Waals surface area (Å²) in [5.74, 6) is -0.310. The van der Waals surface area contributed by atoms with Gasteiger partial charge in [0.1, 0.15) is 5.82 Å². The minimum atomic E-state index is -0.281. The van der Waals surface area contributed by atoms with Crippen molar-refractivity contribution in [3.8, 4) is 0 Å². The van der Waals surface area contributed by atoms with E-state index in [-0.39, 0.29) is 30.2 Å². The predicted molar refractivity (Wildman–Crippen MR) is 72.7 cm³/mol. The number of aryl methyl sites for hydroxylation is 1. The SMILES string of the molecule is Cc1cc(F)ccc1NC(=O)[C@H]1CCCCN1.Cl. The van der Waals surface area contributed by atoms with Crippen LogP contribution in [0.3, 0.4) is 0 Å². The average molecular weight is 273 g/mol. The molecule has 2 rings (SSSR count). The molecule has 1 aliphatic rings. The summed E-state index contributed by atoms with van der Waals surface area (Å²) in [4.78, 5) is 11.9. The largest absolute Gasteiger partial charge is 0.324 e. The van der Waals surface area contributed by atoms with Crippen LogP contribution in [0.4, 0.5) is 10.1 Å². The highest BCUT2D eigenvalue weighted by atomic mass is 35.5.